The van der Waals surface area contributed by atoms with Crippen LogP contribution in [-0.4, -0.2) is 25.0 Å². The van der Waals surface area contributed by atoms with Crippen LogP contribution in [0.5, 0.6) is 0 Å². The fourth-order valence-electron chi connectivity index (χ4n) is 0.857. The largest absolute Gasteiger partial charge is 0.379 e. The standard InChI is InChI=1S/C7H14N2O/c1-6(2)8-9-7-3-4-10-5-7/h7,9H,3-5H2,1-2H3. The molecule has 58 valence electrons. The zero-order valence-electron chi connectivity index (χ0n) is 6.55. The molecule has 0 saturated carbocycles. The van der Waals surface area contributed by atoms with Crippen molar-refractivity contribution in [3.8, 4) is 0 Å². The number of nitrogens with one attached hydrogen (secondary N) is 1. The average Bonchev–Trinajstić information content (AvgIpc) is 2.34. The summed E-state index contributed by atoms with van der Waals surface area (Å²) in [6.45, 7) is 5.62. The predicted octanol–water partition coefficient (Wildman–Crippen LogP) is 0.761. The lowest BCUT2D eigenvalue weighted by Crippen LogP contribution is -2.24. The summed E-state index contributed by atoms with van der Waals surface area (Å²) in [6.07, 6.45) is 1.08. The van der Waals surface area contributed by atoms with Crippen molar-refractivity contribution in [2.24, 2.45) is 5.10 Å². The molecule has 10 heavy (non-hydrogen) atoms. The van der Waals surface area contributed by atoms with E-state index in [1.807, 2.05) is 13.8 Å². The molecule has 0 amide bonds. The molecule has 0 radical (unpaired) electrons. The van der Waals surface area contributed by atoms with Crippen LogP contribution < -0.4 is 5.43 Å². The summed E-state index contributed by atoms with van der Waals surface area (Å²) < 4.78 is 5.16. The summed E-state index contributed by atoms with van der Waals surface area (Å²) in [5, 5.41) is 4.09. The highest BCUT2D eigenvalue weighted by Crippen LogP contribution is 2.02. The minimum atomic E-state index is 0.440. The van der Waals surface area contributed by atoms with Crippen LogP contribution in [0.4, 0.5) is 0 Å². The number of hydrogen-bond acceptors (Lipinski definition) is 3. The smallest absolute Gasteiger partial charge is 0.0695 e. The SMILES string of the molecule is CC(C)=NNC1CCOC1. The van der Waals surface area contributed by atoms with E-state index in [-0.39, 0.29) is 0 Å². The minimum Gasteiger partial charge on any atom is -0.379 e. The number of rotatable bonds is 2. The maximum atomic E-state index is 5.16. The van der Waals surface area contributed by atoms with Gasteiger partial charge in [0, 0.05) is 12.3 Å². The van der Waals surface area contributed by atoms with E-state index in [0.717, 1.165) is 25.3 Å². The fraction of sp³-hybridized carbons (Fsp3) is 0.857. The van der Waals surface area contributed by atoms with Gasteiger partial charge in [-0.15, -0.1) is 0 Å². The van der Waals surface area contributed by atoms with Gasteiger partial charge in [0.05, 0.1) is 12.6 Å². The van der Waals surface area contributed by atoms with Crippen molar-refractivity contribution in [1.82, 2.24) is 5.43 Å². The Morgan fingerprint density at radius 2 is 2.40 bits per heavy atom. The second-order valence-corrected chi connectivity index (χ2v) is 2.75. The van der Waals surface area contributed by atoms with E-state index in [1.165, 1.54) is 0 Å². The molecule has 0 bridgehead atoms. The van der Waals surface area contributed by atoms with Gasteiger partial charge in [0.2, 0.25) is 0 Å². The molecule has 1 saturated heterocycles. The van der Waals surface area contributed by atoms with Gasteiger partial charge in [-0.1, -0.05) is 0 Å². The van der Waals surface area contributed by atoms with E-state index in [2.05, 4.69) is 10.5 Å². The van der Waals surface area contributed by atoms with Crippen LogP contribution in [0.15, 0.2) is 5.10 Å². The third kappa shape index (κ3) is 2.35. The van der Waals surface area contributed by atoms with Crippen LogP contribution in [0.2, 0.25) is 0 Å². The van der Waals surface area contributed by atoms with Gasteiger partial charge in [-0.25, -0.2) is 0 Å². The Balaban J connectivity index is 2.18. The molecule has 1 aliphatic heterocycles. The van der Waals surface area contributed by atoms with Crippen molar-refractivity contribution >= 4 is 5.71 Å². The molecule has 1 unspecified atom stereocenters. The molecule has 1 atom stereocenters. The molecular formula is C7H14N2O. The molecule has 0 aromatic rings. The Labute approximate surface area is 61.5 Å². The first kappa shape index (κ1) is 7.54. The van der Waals surface area contributed by atoms with Crippen molar-refractivity contribution in [1.29, 1.82) is 0 Å². The van der Waals surface area contributed by atoms with Crippen LogP contribution in [-0.2, 0) is 4.74 Å². The first-order valence-corrected chi connectivity index (χ1v) is 3.63. The molecule has 1 N–H and O–H groups in total. The van der Waals surface area contributed by atoms with Crippen LogP contribution in [0, 0.1) is 0 Å². The van der Waals surface area contributed by atoms with Gasteiger partial charge in [0.15, 0.2) is 0 Å². The highest BCUT2D eigenvalue weighted by molar-refractivity contribution is 5.78. The summed E-state index contributed by atoms with van der Waals surface area (Å²) in [6, 6.07) is 0.440. The summed E-state index contributed by atoms with van der Waals surface area (Å²) in [7, 11) is 0. The average molecular weight is 142 g/mol. The van der Waals surface area contributed by atoms with Gasteiger partial charge >= 0.3 is 0 Å². The van der Waals surface area contributed by atoms with Crippen LogP contribution in [0.25, 0.3) is 0 Å². The topological polar surface area (TPSA) is 33.6 Å². The van der Waals surface area contributed by atoms with Gasteiger partial charge in [0.25, 0.3) is 0 Å². The third-order valence-corrected chi connectivity index (χ3v) is 1.40. The lowest BCUT2D eigenvalue weighted by atomic mass is 10.3. The highest BCUT2D eigenvalue weighted by atomic mass is 16.5. The number of hydrogen-bond donors (Lipinski definition) is 1. The van der Waals surface area contributed by atoms with Crippen LogP contribution >= 0.6 is 0 Å². The van der Waals surface area contributed by atoms with E-state index in [0.29, 0.717) is 6.04 Å². The summed E-state index contributed by atoms with van der Waals surface area (Å²) in [5.41, 5.74) is 4.11. The van der Waals surface area contributed by atoms with Gasteiger partial charge in [-0.3, -0.25) is 0 Å². The molecule has 0 aromatic heterocycles. The maximum Gasteiger partial charge on any atom is 0.0695 e. The molecule has 1 heterocycles. The van der Waals surface area contributed by atoms with E-state index >= 15 is 0 Å². The predicted molar refractivity (Wildman–Crippen MR) is 41.1 cm³/mol. The molecule has 3 heteroatoms. The second kappa shape index (κ2) is 3.56. The lowest BCUT2D eigenvalue weighted by Gasteiger charge is -2.05. The summed E-state index contributed by atoms with van der Waals surface area (Å²) >= 11 is 0. The molecule has 0 spiro atoms. The van der Waals surface area contributed by atoms with Crippen molar-refractivity contribution in [2.75, 3.05) is 13.2 Å². The molecule has 3 nitrogen and oxygen atoms in total. The van der Waals surface area contributed by atoms with Gasteiger partial charge in [-0.2, -0.15) is 5.10 Å². The van der Waals surface area contributed by atoms with Gasteiger partial charge in [-0.05, 0) is 20.3 Å². The Morgan fingerprint density at radius 3 is 2.90 bits per heavy atom. The van der Waals surface area contributed by atoms with Crippen LogP contribution in [0.1, 0.15) is 20.3 Å². The Hall–Kier alpha value is -0.570. The molecule has 0 aliphatic carbocycles. The molecule has 1 aliphatic rings. The minimum absolute atomic E-state index is 0.440. The third-order valence-electron chi connectivity index (χ3n) is 1.40. The lowest BCUT2D eigenvalue weighted by molar-refractivity contribution is 0.190. The zero-order valence-corrected chi connectivity index (χ0v) is 6.55. The fourth-order valence-corrected chi connectivity index (χ4v) is 0.857. The molecule has 1 fully saturated rings. The van der Waals surface area contributed by atoms with E-state index in [9.17, 15) is 0 Å². The zero-order chi connectivity index (χ0) is 7.40. The van der Waals surface area contributed by atoms with Crippen molar-refractivity contribution in [2.45, 2.75) is 26.3 Å². The molecule has 1 rings (SSSR count). The van der Waals surface area contributed by atoms with Crippen molar-refractivity contribution in [3.05, 3.63) is 0 Å². The number of nitrogens with zero attached hydrogens (tertiary/aromatic N) is 1. The Morgan fingerprint density at radius 1 is 1.60 bits per heavy atom. The van der Waals surface area contributed by atoms with Crippen molar-refractivity contribution < 1.29 is 4.74 Å². The first-order chi connectivity index (χ1) is 4.79. The molecular weight excluding hydrogens is 128 g/mol. The maximum absolute atomic E-state index is 5.16. The Kier molecular flexibility index (Phi) is 2.68. The van der Waals surface area contributed by atoms with Gasteiger partial charge < -0.3 is 10.2 Å². The van der Waals surface area contributed by atoms with E-state index in [4.69, 9.17) is 4.74 Å². The van der Waals surface area contributed by atoms with E-state index in [1.54, 1.807) is 0 Å². The monoisotopic (exact) mass is 142 g/mol. The van der Waals surface area contributed by atoms with E-state index < -0.39 is 0 Å². The number of hydrazone groups is 1. The molecule has 0 aromatic carbocycles. The summed E-state index contributed by atoms with van der Waals surface area (Å²) in [5.74, 6) is 0. The Bertz CT molecular complexity index is 124. The number of ether oxygens (including phenoxy) is 1. The summed E-state index contributed by atoms with van der Waals surface area (Å²) in [4.78, 5) is 0. The van der Waals surface area contributed by atoms with Crippen LogP contribution in [0.3, 0.4) is 0 Å². The normalized spacial score (nSPS) is 24.4. The first-order valence-electron chi connectivity index (χ1n) is 3.63. The quantitative estimate of drug-likeness (QED) is 0.456. The van der Waals surface area contributed by atoms with Crippen molar-refractivity contribution in [3.63, 3.8) is 0 Å². The second-order valence-electron chi connectivity index (χ2n) is 2.75. The van der Waals surface area contributed by atoms with Gasteiger partial charge in [0.1, 0.15) is 0 Å². The highest BCUT2D eigenvalue weighted by Gasteiger charge is 2.13.